The number of nitrogens with one attached hydrogen (secondary N) is 2. The van der Waals surface area contributed by atoms with Crippen LogP contribution < -0.4 is 10.6 Å². The van der Waals surface area contributed by atoms with Crippen LogP contribution in [0.2, 0.25) is 0 Å². The van der Waals surface area contributed by atoms with Crippen molar-refractivity contribution in [3.05, 3.63) is 88.2 Å². The fraction of sp³-hybridized carbons (Fsp3) is 0.100. The van der Waals surface area contributed by atoms with Gasteiger partial charge in [0.15, 0.2) is 0 Å². The van der Waals surface area contributed by atoms with Crippen molar-refractivity contribution in [2.45, 2.75) is 13.5 Å². The maximum absolute atomic E-state index is 12.3. The zero-order valence-corrected chi connectivity index (χ0v) is 15.4. The lowest BCUT2D eigenvalue weighted by Crippen LogP contribution is -2.14. The molecular formula is C20H18BrN3O. The Morgan fingerprint density at radius 1 is 1.04 bits per heavy atom. The number of pyridine rings is 1. The first-order valence-electron chi connectivity index (χ1n) is 7.94. The Kier molecular flexibility index (Phi) is 5.46. The van der Waals surface area contributed by atoms with Crippen molar-refractivity contribution in [3.8, 4) is 0 Å². The molecule has 0 bridgehead atoms. The second kappa shape index (κ2) is 7.94. The van der Waals surface area contributed by atoms with Crippen LogP contribution >= 0.6 is 15.9 Å². The van der Waals surface area contributed by atoms with Crippen molar-refractivity contribution in [2.24, 2.45) is 0 Å². The Balaban J connectivity index is 1.63. The highest BCUT2D eigenvalue weighted by Gasteiger charge is 2.09. The number of para-hydroxylation sites is 1. The molecule has 0 fully saturated rings. The van der Waals surface area contributed by atoms with Crippen molar-refractivity contribution in [2.75, 3.05) is 10.6 Å². The maximum atomic E-state index is 12.3. The van der Waals surface area contributed by atoms with Gasteiger partial charge in [0.25, 0.3) is 5.91 Å². The SMILES string of the molecule is Cc1ccccc1CNc1ccc(C(=O)Nc2ccccc2Br)nc1. The van der Waals surface area contributed by atoms with Crippen LogP contribution in [0.3, 0.4) is 0 Å². The van der Waals surface area contributed by atoms with Crippen LogP contribution in [0.4, 0.5) is 11.4 Å². The van der Waals surface area contributed by atoms with E-state index in [9.17, 15) is 4.79 Å². The summed E-state index contributed by atoms with van der Waals surface area (Å²) in [6, 6.07) is 19.3. The molecule has 2 N–H and O–H groups in total. The van der Waals surface area contributed by atoms with Crippen LogP contribution in [0.15, 0.2) is 71.3 Å². The summed E-state index contributed by atoms with van der Waals surface area (Å²) in [5.41, 5.74) is 4.44. The normalized spacial score (nSPS) is 10.3. The largest absolute Gasteiger partial charge is 0.380 e. The van der Waals surface area contributed by atoms with Crippen LogP contribution in [0.25, 0.3) is 0 Å². The Morgan fingerprint density at radius 3 is 2.52 bits per heavy atom. The van der Waals surface area contributed by atoms with Gasteiger partial charge < -0.3 is 10.6 Å². The number of carbonyl (C=O) groups excluding carboxylic acids is 1. The molecule has 4 nitrogen and oxygen atoms in total. The zero-order valence-electron chi connectivity index (χ0n) is 13.8. The average molecular weight is 396 g/mol. The molecule has 0 aliphatic rings. The molecule has 2 aromatic carbocycles. The second-order valence-corrected chi connectivity index (χ2v) is 6.50. The third kappa shape index (κ3) is 4.45. The standard InChI is InChI=1S/C20H18BrN3O/c1-14-6-2-3-7-15(14)12-22-16-10-11-19(23-13-16)20(25)24-18-9-5-4-8-17(18)21/h2-11,13,22H,12H2,1H3,(H,24,25). The molecule has 1 heterocycles. The van der Waals surface area contributed by atoms with Gasteiger partial charge in [-0.1, -0.05) is 36.4 Å². The first-order valence-corrected chi connectivity index (χ1v) is 8.73. The van der Waals surface area contributed by atoms with Crippen LogP contribution in [0.1, 0.15) is 21.6 Å². The number of nitrogens with zero attached hydrogens (tertiary/aromatic N) is 1. The number of carbonyl (C=O) groups is 1. The highest BCUT2D eigenvalue weighted by Crippen LogP contribution is 2.21. The third-order valence-corrected chi connectivity index (χ3v) is 4.55. The summed E-state index contributed by atoms with van der Waals surface area (Å²) in [5, 5.41) is 6.17. The Bertz CT molecular complexity index is 878. The Morgan fingerprint density at radius 2 is 1.80 bits per heavy atom. The van der Waals surface area contributed by atoms with Gasteiger partial charge in [0, 0.05) is 11.0 Å². The number of rotatable bonds is 5. The highest BCUT2D eigenvalue weighted by molar-refractivity contribution is 9.10. The molecule has 3 aromatic rings. The molecule has 0 atom stereocenters. The van der Waals surface area contributed by atoms with Crippen molar-refractivity contribution in [3.63, 3.8) is 0 Å². The third-order valence-electron chi connectivity index (χ3n) is 3.86. The fourth-order valence-corrected chi connectivity index (χ4v) is 2.77. The summed E-state index contributed by atoms with van der Waals surface area (Å²) in [5.74, 6) is -0.239. The molecular weight excluding hydrogens is 378 g/mol. The van der Waals surface area contributed by atoms with Crippen molar-refractivity contribution in [1.82, 2.24) is 4.98 Å². The lowest BCUT2D eigenvalue weighted by Gasteiger charge is -2.10. The molecule has 0 saturated carbocycles. The Hall–Kier alpha value is -2.66. The van der Waals surface area contributed by atoms with Gasteiger partial charge in [-0.05, 0) is 58.2 Å². The van der Waals surface area contributed by atoms with Gasteiger partial charge in [-0.25, -0.2) is 4.98 Å². The zero-order chi connectivity index (χ0) is 17.6. The van der Waals surface area contributed by atoms with Gasteiger partial charge in [0.05, 0.1) is 17.6 Å². The Labute approximate surface area is 155 Å². The van der Waals surface area contributed by atoms with E-state index >= 15 is 0 Å². The first kappa shape index (κ1) is 17.2. The summed E-state index contributed by atoms with van der Waals surface area (Å²) >= 11 is 3.41. The molecule has 0 radical (unpaired) electrons. The second-order valence-electron chi connectivity index (χ2n) is 5.65. The number of hydrogen-bond donors (Lipinski definition) is 2. The van der Waals surface area contributed by atoms with Crippen LogP contribution in [-0.2, 0) is 6.54 Å². The highest BCUT2D eigenvalue weighted by atomic mass is 79.9. The van der Waals surface area contributed by atoms with Gasteiger partial charge in [-0.2, -0.15) is 0 Å². The number of benzene rings is 2. The molecule has 5 heteroatoms. The van der Waals surface area contributed by atoms with Crippen molar-refractivity contribution in [1.29, 1.82) is 0 Å². The number of amides is 1. The van der Waals surface area contributed by atoms with E-state index < -0.39 is 0 Å². The lowest BCUT2D eigenvalue weighted by atomic mass is 10.1. The lowest BCUT2D eigenvalue weighted by molar-refractivity contribution is 0.102. The minimum Gasteiger partial charge on any atom is -0.380 e. The van der Waals surface area contributed by atoms with E-state index in [4.69, 9.17) is 0 Å². The molecule has 0 aliphatic carbocycles. The molecule has 1 amide bonds. The van der Waals surface area contributed by atoms with E-state index in [0.29, 0.717) is 5.69 Å². The summed E-state index contributed by atoms with van der Waals surface area (Å²) in [4.78, 5) is 16.5. The predicted octanol–water partition coefficient (Wildman–Crippen LogP) is 5.02. The van der Waals surface area contributed by atoms with Crippen molar-refractivity contribution < 1.29 is 4.79 Å². The topological polar surface area (TPSA) is 54.0 Å². The van der Waals surface area contributed by atoms with E-state index in [2.05, 4.69) is 50.6 Å². The summed E-state index contributed by atoms with van der Waals surface area (Å²) in [7, 11) is 0. The van der Waals surface area contributed by atoms with Crippen LogP contribution in [-0.4, -0.2) is 10.9 Å². The maximum Gasteiger partial charge on any atom is 0.274 e. The minimum absolute atomic E-state index is 0.239. The fourth-order valence-electron chi connectivity index (χ4n) is 2.39. The van der Waals surface area contributed by atoms with E-state index in [1.54, 1.807) is 12.3 Å². The first-order chi connectivity index (χ1) is 12.1. The number of anilines is 2. The average Bonchev–Trinajstić information content (AvgIpc) is 2.63. The van der Waals surface area contributed by atoms with Crippen molar-refractivity contribution >= 4 is 33.2 Å². The van der Waals surface area contributed by atoms with Gasteiger partial charge in [-0.3, -0.25) is 4.79 Å². The van der Waals surface area contributed by atoms with Crippen LogP contribution in [0.5, 0.6) is 0 Å². The molecule has 0 unspecified atom stereocenters. The summed E-state index contributed by atoms with van der Waals surface area (Å²) in [6.45, 7) is 2.81. The van der Waals surface area contributed by atoms with E-state index in [1.165, 1.54) is 11.1 Å². The number of hydrogen-bond acceptors (Lipinski definition) is 3. The quantitative estimate of drug-likeness (QED) is 0.637. The predicted molar refractivity (Wildman–Crippen MR) is 105 cm³/mol. The summed E-state index contributed by atoms with van der Waals surface area (Å²) in [6.07, 6.45) is 1.67. The minimum atomic E-state index is -0.239. The molecule has 1 aromatic heterocycles. The van der Waals surface area contributed by atoms with Gasteiger partial charge in [0.1, 0.15) is 5.69 Å². The molecule has 126 valence electrons. The molecule has 0 saturated heterocycles. The monoisotopic (exact) mass is 395 g/mol. The van der Waals surface area contributed by atoms with Gasteiger partial charge in [-0.15, -0.1) is 0 Å². The number of halogens is 1. The van der Waals surface area contributed by atoms with E-state index in [0.717, 1.165) is 22.4 Å². The molecule has 0 aliphatic heterocycles. The number of aromatic nitrogens is 1. The molecule has 3 rings (SSSR count). The van der Waals surface area contributed by atoms with Gasteiger partial charge in [0.2, 0.25) is 0 Å². The van der Waals surface area contributed by atoms with E-state index in [-0.39, 0.29) is 5.91 Å². The van der Waals surface area contributed by atoms with Crippen LogP contribution in [0, 0.1) is 6.92 Å². The summed E-state index contributed by atoms with van der Waals surface area (Å²) < 4.78 is 0.833. The molecule has 0 spiro atoms. The number of aryl methyl sites for hydroxylation is 1. The van der Waals surface area contributed by atoms with E-state index in [1.807, 2.05) is 42.5 Å². The smallest absolute Gasteiger partial charge is 0.274 e. The van der Waals surface area contributed by atoms with Gasteiger partial charge >= 0.3 is 0 Å². The molecule has 25 heavy (non-hydrogen) atoms.